The monoisotopic (exact) mass is 339 g/mol. The summed E-state index contributed by atoms with van der Waals surface area (Å²) in [5.41, 5.74) is 4.32. The fraction of sp³-hybridized carbons (Fsp3) is 0.316. The van der Waals surface area contributed by atoms with Crippen LogP contribution in [0.5, 0.6) is 0 Å². The Labute approximate surface area is 146 Å². The number of hydrogen-bond donors (Lipinski definition) is 1. The van der Waals surface area contributed by atoms with Gasteiger partial charge >= 0.3 is 0 Å². The molecule has 0 bridgehead atoms. The van der Waals surface area contributed by atoms with Crippen LogP contribution in [-0.2, 0) is 4.84 Å². The third kappa shape index (κ3) is 3.53. The minimum atomic E-state index is -0.292. The van der Waals surface area contributed by atoms with E-state index in [1.165, 1.54) is 7.11 Å². The Kier molecular flexibility index (Phi) is 5.09. The van der Waals surface area contributed by atoms with Gasteiger partial charge in [0.1, 0.15) is 12.8 Å². The summed E-state index contributed by atoms with van der Waals surface area (Å²) < 4.78 is 0. The molecule has 0 aliphatic carbocycles. The van der Waals surface area contributed by atoms with E-state index in [0.29, 0.717) is 18.7 Å². The van der Waals surface area contributed by atoms with Crippen molar-refractivity contribution in [3.63, 3.8) is 0 Å². The Balaban J connectivity index is 1.81. The molecule has 0 saturated carbocycles. The van der Waals surface area contributed by atoms with Crippen LogP contribution >= 0.6 is 0 Å². The van der Waals surface area contributed by atoms with Crippen LogP contribution < -0.4 is 0 Å². The third-order valence-corrected chi connectivity index (χ3v) is 4.40. The second kappa shape index (κ2) is 7.44. The summed E-state index contributed by atoms with van der Waals surface area (Å²) in [7, 11) is 1.47. The number of benzene rings is 1. The summed E-state index contributed by atoms with van der Waals surface area (Å²) in [4.78, 5) is 23.4. The molecule has 0 unspecified atom stereocenters. The topological polar surface area (TPSA) is 75.0 Å². The number of rotatable bonds is 4. The van der Waals surface area contributed by atoms with Crippen LogP contribution in [0.2, 0.25) is 0 Å². The lowest BCUT2D eigenvalue weighted by Crippen LogP contribution is -2.38. The van der Waals surface area contributed by atoms with E-state index in [9.17, 15) is 9.90 Å². The first-order chi connectivity index (χ1) is 12.1. The van der Waals surface area contributed by atoms with E-state index in [1.54, 1.807) is 17.2 Å². The molecule has 2 aromatic rings. The maximum absolute atomic E-state index is 12.7. The molecule has 0 radical (unpaired) electrons. The minimum Gasteiger partial charge on any atom is -0.399 e. The molecule has 0 spiro atoms. The van der Waals surface area contributed by atoms with E-state index >= 15 is 0 Å². The number of aryl methyl sites for hydroxylation is 1. The smallest absolute Gasteiger partial charge is 0.273 e. The van der Waals surface area contributed by atoms with E-state index < -0.39 is 0 Å². The number of hydrogen-bond acceptors (Lipinski definition) is 5. The Morgan fingerprint density at radius 2 is 2.16 bits per heavy atom. The van der Waals surface area contributed by atoms with Crippen molar-refractivity contribution in [1.82, 2.24) is 9.88 Å². The van der Waals surface area contributed by atoms with Gasteiger partial charge in [0, 0.05) is 18.2 Å². The molecular formula is C19H21N3O3. The van der Waals surface area contributed by atoms with Gasteiger partial charge in [0.05, 0.1) is 24.9 Å². The van der Waals surface area contributed by atoms with Crippen molar-refractivity contribution in [3.05, 3.63) is 53.9 Å². The normalized spacial score (nSPS) is 18.6. The van der Waals surface area contributed by atoms with Gasteiger partial charge in [-0.1, -0.05) is 35.5 Å². The Hall–Kier alpha value is -2.73. The van der Waals surface area contributed by atoms with Crippen molar-refractivity contribution in [2.75, 3.05) is 20.3 Å². The average Bonchev–Trinajstić information content (AvgIpc) is 3.05. The average molecular weight is 339 g/mol. The maximum atomic E-state index is 12.7. The molecule has 2 heterocycles. The summed E-state index contributed by atoms with van der Waals surface area (Å²) in [6.07, 6.45) is 2.22. The number of pyridine rings is 1. The molecule has 6 heteroatoms. The molecule has 1 aromatic carbocycles. The predicted molar refractivity (Wildman–Crippen MR) is 95.4 cm³/mol. The second-order valence-corrected chi connectivity index (χ2v) is 6.06. The highest BCUT2D eigenvalue weighted by atomic mass is 16.6. The van der Waals surface area contributed by atoms with Gasteiger partial charge in [-0.25, -0.2) is 0 Å². The van der Waals surface area contributed by atoms with Crippen molar-refractivity contribution in [3.8, 4) is 11.1 Å². The zero-order chi connectivity index (χ0) is 17.8. The van der Waals surface area contributed by atoms with E-state index in [1.807, 2.05) is 37.3 Å². The fourth-order valence-corrected chi connectivity index (χ4v) is 3.09. The molecule has 1 amide bonds. The number of aromatic nitrogens is 1. The highest BCUT2D eigenvalue weighted by Gasteiger charge is 2.33. The number of likely N-dealkylation sites (tertiary alicyclic amines) is 1. The van der Waals surface area contributed by atoms with Crippen LogP contribution in [0, 0.1) is 6.92 Å². The summed E-state index contributed by atoms with van der Waals surface area (Å²) in [6.45, 7) is 2.27. The number of oxime groups is 1. The lowest BCUT2D eigenvalue weighted by molar-refractivity contribution is 0.0674. The Bertz CT molecular complexity index is 787. The minimum absolute atomic E-state index is 0.115. The highest BCUT2D eigenvalue weighted by molar-refractivity contribution is 5.99. The van der Waals surface area contributed by atoms with E-state index in [4.69, 9.17) is 4.84 Å². The molecule has 130 valence electrons. The predicted octanol–water partition coefficient (Wildman–Crippen LogP) is 2.27. The van der Waals surface area contributed by atoms with Gasteiger partial charge in [-0.05, 0) is 24.1 Å². The summed E-state index contributed by atoms with van der Waals surface area (Å²) in [5.74, 6) is -0.211. The van der Waals surface area contributed by atoms with Gasteiger partial charge in [-0.15, -0.1) is 0 Å². The lowest BCUT2D eigenvalue weighted by Gasteiger charge is -2.21. The SMILES string of the molecule is CO/N=C1\C[C@@H](CO)N(C(=O)c2ccc(-c3ccccc3C)cn2)C1. The molecule has 1 aromatic heterocycles. The number of amides is 1. The molecule has 6 nitrogen and oxygen atoms in total. The van der Waals surface area contributed by atoms with Crippen molar-refractivity contribution in [2.45, 2.75) is 19.4 Å². The van der Waals surface area contributed by atoms with Gasteiger partial charge in [-0.3, -0.25) is 9.78 Å². The summed E-state index contributed by atoms with van der Waals surface area (Å²) >= 11 is 0. The van der Waals surface area contributed by atoms with Gasteiger partial charge in [0.15, 0.2) is 0 Å². The Morgan fingerprint density at radius 1 is 1.36 bits per heavy atom. The number of aliphatic hydroxyl groups excluding tert-OH is 1. The molecule has 1 atom stereocenters. The zero-order valence-electron chi connectivity index (χ0n) is 14.3. The summed E-state index contributed by atoms with van der Waals surface area (Å²) in [5, 5.41) is 13.4. The van der Waals surface area contributed by atoms with Gasteiger partial charge in [-0.2, -0.15) is 0 Å². The number of aliphatic hydroxyl groups is 1. The van der Waals surface area contributed by atoms with E-state index in [0.717, 1.165) is 22.4 Å². The first-order valence-electron chi connectivity index (χ1n) is 8.16. The molecule has 3 rings (SSSR count). The lowest BCUT2D eigenvalue weighted by atomic mass is 10.0. The summed E-state index contributed by atoms with van der Waals surface area (Å²) in [6, 6.07) is 11.4. The van der Waals surface area contributed by atoms with E-state index in [-0.39, 0.29) is 18.6 Å². The van der Waals surface area contributed by atoms with Gasteiger partial charge in [0.2, 0.25) is 0 Å². The van der Waals surface area contributed by atoms with Gasteiger partial charge in [0.25, 0.3) is 5.91 Å². The van der Waals surface area contributed by atoms with Crippen LogP contribution in [0.1, 0.15) is 22.5 Å². The van der Waals surface area contributed by atoms with Crippen LogP contribution in [0.25, 0.3) is 11.1 Å². The fourth-order valence-electron chi connectivity index (χ4n) is 3.09. The largest absolute Gasteiger partial charge is 0.399 e. The first-order valence-corrected chi connectivity index (χ1v) is 8.16. The molecule has 1 N–H and O–H groups in total. The zero-order valence-corrected chi connectivity index (χ0v) is 14.3. The standard InChI is InChI=1S/C19H21N3O3/c1-13-5-3-4-6-17(13)14-7-8-18(20-10-14)19(24)22-11-15(21-25-2)9-16(22)12-23/h3-8,10,16,23H,9,11-12H2,1-2H3/b21-15+/t16-/m0/s1. The van der Waals surface area contributed by atoms with Gasteiger partial charge < -0.3 is 14.8 Å². The second-order valence-electron chi connectivity index (χ2n) is 6.06. The number of nitrogens with zero attached hydrogens (tertiary/aromatic N) is 3. The van der Waals surface area contributed by atoms with Crippen molar-refractivity contribution >= 4 is 11.6 Å². The van der Waals surface area contributed by atoms with Crippen molar-refractivity contribution < 1.29 is 14.7 Å². The van der Waals surface area contributed by atoms with Crippen LogP contribution in [-0.4, -0.2) is 52.9 Å². The third-order valence-electron chi connectivity index (χ3n) is 4.40. The first kappa shape index (κ1) is 17.1. The molecule has 1 saturated heterocycles. The highest BCUT2D eigenvalue weighted by Crippen LogP contribution is 2.23. The maximum Gasteiger partial charge on any atom is 0.273 e. The molecule has 1 fully saturated rings. The molecule has 1 aliphatic rings. The van der Waals surface area contributed by atoms with Crippen LogP contribution in [0.4, 0.5) is 0 Å². The molecular weight excluding hydrogens is 318 g/mol. The number of carbonyl (C=O) groups excluding carboxylic acids is 1. The van der Waals surface area contributed by atoms with E-state index in [2.05, 4.69) is 10.1 Å². The quantitative estimate of drug-likeness (QED) is 0.867. The molecule has 25 heavy (non-hydrogen) atoms. The van der Waals surface area contributed by atoms with Crippen LogP contribution in [0.15, 0.2) is 47.8 Å². The molecule has 1 aliphatic heterocycles. The number of carbonyl (C=O) groups is 1. The van der Waals surface area contributed by atoms with Crippen LogP contribution in [0.3, 0.4) is 0 Å². The Morgan fingerprint density at radius 3 is 2.80 bits per heavy atom. The van der Waals surface area contributed by atoms with Crippen molar-refractivity contribution in [2.24, 2.45) is 5.16 Å². The van der Waals surface area contributed by atoms with Crippen molar-refractivity contribution in [1.29, 1.82) is 0 Å².